The van der Waals surface area contributed by atoms with Crippen LogP contribution in [0.3, 0.4) is 0 Å². The van der Waals surface area contributed by atoms with Gasteiger partial charge in [0.15, 0.2) is 0 Å². The molecule has 0 aliphatic heterocycles. The molecule has 0 unspecified atom stereocenters. The highest BCUT2D eigenvalue weighted by Crippen LogP contribution is 2.15. The SMILES string of the molecule is CC(C)C(=O)N(C)C1=CC=CC1. The normalized spacial score (nSPS) is 15.2. The summed E-state index contributed by atoms with van der Waals surface area (Å²) in [4.78, 5) is 13.2. The average molecular weight is 165 g/mol. The number of nitrogens with zero attached hydrogens (tertiary/aromatic N) is 1. The van der Waals surface area contributed by atoms with Crippen molar-refractivity contribution in [3.8, 4) is 0 Å². The van der Waals surface area contributed by atoms with E-state index in [4.69, 9.17) is 0 Å². The molecule has 0 saturated heterocycles. The molecule has 0 aromatic heterocycles. The largest absolute Gasteiger partial charge is 0.319 e. The van der Waals surface area contributed by atoms with Gasteiger partial charge in [-0.1, -0.05) is 26.0 Å². The van der Waals surface area contributed by atoms with E-state index < -0.39 is 0 Å². The van der Waals surface area contributed by atoms with Crippen molar-refractivity contribution in [1.29, 1.82) is 0 Å². The van der Waals surface area contributed by atoms with Crippen LogP contribution >= 0.6 is 0 Å². The lowest BCUT2D eigenvalue weighted by molar-refractivity contribution is -0.131. The predicted molar refractivity (Wildman–Crippen MR) is 49.4 cm³/mol. The summed E-state index contributed by atoms with van der Waals surface area (Å²) in [5.41, 5.74) is 1.09. The van der Waals surface area contributed by atoms with Crippen molar-refractivity contribution in [2.24, 2.45) is 5.92 Å². The van der Waals surface area contributed by atoms with Crippen molar-refractivity contribution in [3.63, 3.8) is 0 Å². The molecular formula is C10H15NO. The number of rotatable bonds is 2. The fourth-order valence-electron chi connectivity index (χ4n) is 1.21. The molecule has 2 nitrogen and oxygen atoms in total. The van der Waals surface area contributed by atoms with Crippen LogP contribution in [0, 0.1) is 5.92 Å². The van der Waals surface area contributed by atoms with Crippen molar-refractivity contribution in [1.82, 2.24) is 4.90 Å². The van der Waals surface area contributed by atoms with Gasteiger partial charge in [-0.3, -0.25) is 4.79 Å². The van der Waals surface area contributed by atoms with Gasteiger partial charge in [0.25, 0.3) is 0 Å². The van der Waals surface area contributed by atoms with E-state index in [0.717, 1.165) is 12.1 Å². The van der Waals surface area contributed by atoms with Gasteiger partial charge in [0.1, 0.15) is 0 Å². The molecule has 0 N–H and O–H groups in total. The Bertz CT molecular complexity index is 238. The minimum atomic E-state index is 0.0801. The number of hydrogen-bond acceptors (Lipinski definition) is 1. The lowest BCUT2D eigenvalue weighted by Crippen LogP contribution is -2.29. The molecule has 0 saturated carbocycles. The van der Waals surface area contributed by atoms with Crippen LogP contribution < -0.4 is 0 Å². The Morgan fingerprint density at radius 3 is 2.67 bits per heavy atom. The second-order valence-corrected chi connectivity index (χ2v) is 3.34. The fraction of sp³-hybridized carbons (Fsp3) is 0.500. The summed E-state index contributed by atoms with van der Waals surface area (Å²) in [7, 11) is 1.83. The highest BCUT2D eigenvalue weighted by Gasteiger charge is 2.16. The van der Waals surface area contributed by atoms with Gasteiger partial charge in [0.2, 0.25) is 5.91 Å². The summed E-state index contributed by atoms with van der Waals surface area (Å²) in [5, 5.41) is 0. The number of allylic oxidation sites excluding steroid dienone is 3. The highest BCUT2D eigenvalue weighted by atomic mass is 16.2. The summed E-state index contributed by atoms with van der Waals surface area (Å²) in [6.07, 6.45) is 6.91. The molecule has 2 heteroatoms. The molecule has 1 aliphatic carbocycles. The lowest BCUT2D eigenvalue weighted by atomic mass is 10.2. The Balaban J connectivity index is 2.59. The quantitative estimate of drug-likeness (QED) is 0.612. The van der Waals surface area contributed by atoms with Crippen LogP contribution in [0.1, 0.15) is 20.3 Å². The maximum absolute atomic E-state index is 11.5. The van der Waals surface area contributed by atoms with E-state index >= 15 is 0 Å². The van der Waals surface area contributed by atoms with Crippen LogP contribution in [0.5, 0.6) is 0 Å². The van der Waals surface area contributed by atoms with Gasteiger partial charge in [0, 0.05) is 25.1 Å². The Kier molecular flexibility index (Phi) is 2.69. The molecule has 0 heterocycles. The summed E-state index contributed by atoms with van der Waals surface area (Å²) in [5.74, 6) is 0.265. The topological polar surface area (TPSA) is 20.3 Å². The first kappa shape index (κ1) is 9.04. The lowest BCUT2D eigenvalue weighted by Gasteiger charge is -2.20. The van der Waals surface area contributed by atoms with E-state index in [0.29, 0.717) is 0 Å². The zero-order chi connectivity index (χ0) is 9.14. The Morgan fingerprint density at radius 2 is 2.25 bits per heavy atom. The molecular weight excluding hydrogens is 150 g/mol. The predicted octanol–water partition coefficient (Wildman–Crippen LogP) is 1.94. The first-order valence-electron chi connectivity index (χ1n) is 4.26. The van der Waals surface area contributed by atoms with E-state index in [2.05, 4.69) is 6.08 Å². The number of carbonyl (C=O) groups is 1. The Hall–Kier alpha value is -1.05. The third kappa shape index (κ3) is 1.76. The van der Waals surface area contributed by atoms with E-state index in [1.54, 1.807) is 4.90 Å². The minimum Gasteiger partial charge on any atom is -0.319 e. The second-order valence-electron chi connectivity index (χ2n) is 3.34. The molecule has 0 aromatic rings. The van der Waals surface area contributed by atoms with Crippen molar-refractivity contribution in [2.75, 3.05) is 7.05 Å². The van der Waals surface area contributed by atoms with Gasteiger partial charge in [-0.2, -0.15) is 0 Å². The van der Waals surface area contributed by atoms with Crippen LogP contribution in [-0.2, 0) is 4.79 Å². The van der Waals surface area contributed by atoms with Gasteiger partial charge in [-0.15, -0.1) is 0 Å². The van der Waals surface area contributed by atoms with Gasteiger partial charge in [-0.25, -0.2) is 0 Å². The van der Waals surface area contributed by atoms with E-state index in [9.17, 15) is 4.79 Å². The highest BCUT2D eigenvalue weighted by molar-refractivity contribution is 5.79. The van der Waals surface area contributed by atoms with E-state index in [1.807, 2.05) is 33.0 Å². The number of carbonyl (C=O) groups excluding carboxylic acids is 1. The third-order valence-corrected chi connectivity index (χ3v) is 2.01. The fourth-order valence-corrected chi connectivity index (χ4v) is 1.21. The first-order chi connectivity index (χ1) is 5.63. The van der Waals surface area contributed by atoms with Crippen molar-refractivity contribution in [3.05, 3.63) is 23.9 Å². The maximum Gasteiger partial charge on any atom is 0.229 e. The molecule has 0 atom stereocenters. The average Bonchev–Trinajstić information content (AvgIpc) is 2.53. The first-order valence-corrected chi connectivity index (χ1v) is 4.26. The second kappa shape index (κ2) is 3.57. The van der Waals surface area contributed by atoms with Crippen molar-refractivity contribution >= 4 is 5.91 Å². The summed E-state index contributed by atoms with van der Waals surface area (Å²) in [6, 6.07) is 0. The molecule has 1 aliphatic rings. The molecule has 0 spiro atoms. The Labute approximate surface area is 73.6 Å². The van der Waals surface area contributed by atoms with Gasteiger partial charge >= 0.3 is 0 Å². The van der Waals surface area contributed by atoms with Crippen LogP contribution in [0.15, 0.2) is 23.9 Å². The van der Waals surface area contributed by atoms with Crippen molar-refractivity contribution < 1.29 is 4.79 Å². The molecule has 0 fully saturated rings. The number of hydrogen-bond donors (Lipinski definition) is 0. The van der Waals surface area contributed by atoms with Crippen LogP contribution in [0.25, 0.3) is 0 Å². The van der Waals surface area contributed by atoms with E-state index in [1.165, 1.54) is 0 Å². The summed E-state index contributed by atoms with van der Waals surface area (Å²) >= 11 is 0. The maximum atomic E-state index is 11.5. The molecule has 12 heavy (non-hydrogen) atoms. The smallest absolute Gasteiger partial charge is 0.229 e. The molecule has 0 aromatic carbocycles. The molecule has 0 bridgehead atoms. The monoisotopic (exact) mass is 165 g/mol. The van der Waals surface area contributed by atoms with Crippen LogP contribution in [0.2, 0.25) is 0 Å². The summed E-state index contributed by atoms with van der Waals surface area (Å²) in [6.45, 7) is 3.84. The zero-order valence-corrected chi connectivity index (χ0v) is 7.87. The third-order valence-electron chi connectivity index (χ3n) is 2.01. The zero-order valence-electron chi connectivity index (χ0n) is 7.87. The van der Waals surface area contributed by atoms with Crippen molar-refractivity contribution in [2.45, 2.75) is 20.3 Å². The Morgan fingerprint density at radius 1 is 1.58 bits per heavy atom. The van der Waals surface area contributed by atoms with E-state index in [-0.39, 0.29) is 11.8 Å². The minimum absolute atomic E-state index is 0.0801. The molecule has 66 valence electrons. The van der Waals surface area contributed by atoms with Gasteiger partial charge in [0.05, 0.1) is 0 Å². The van der Waals surface area contributed by atoms with Crippen LogP contribution in [-0.4, -0.2) is 17.9 Å². The molecule has 1 amide bonds. The standard InChI is InChI=1S/C10H15NO/c1-8(2)10(12)11(3)9-6-4-5-7-9/h4-6,8H,7H2,1-3H3. The van der Waals surface area contributed by atoms with Crippen LogP contribution in [0.4, 0.5) is 0 Å². The number of amides is 1. The molecule has 1 rings (SSSR count). The van der Waals surface area contributed by atoms with Gasteiger partial charge in [-0.05, 0) is 6.08 Å². The van der Waals surface area contributed by atoms with Gasteiger partial charge < -0.3 is 4.90 Å². The molecule has 0 radical (unpaired) electrons. The summed E-state index contributed by atoms with van der Waals surface area (Å²) < 4.78 is 0.